The smallest absolute Gasteiger partial charge is 0.311 e. The van der Waals surface area contributed by atoms with E-state index in [9.17, 15) is 14.4 Å². The highest BCUT2D eigenvalue weighted by atomic mass is 32.2. The van der Waals surface area contributed by atoms with Gasteiger partial charge in [-0.1, -0.05) is 49.2 Å². The van der Waals surface area contributed by atoms with Gasteiger partial charge in [0.05, 0.1) is 23.7 Å². The zero-order valence-electron chi connectivity index (χ0n) is 25.2. The number of benzene rings is 3. The summed E-state index contributed by atoms with van der Waals surface area (Å²) in [4.78, 5) is 14.5. The normalized spacial score (nSPS) is 18.3. The number of esters is 1. The Balaban J connectivity index is 1.49. The number of methoxy groups -OCH3 is 1. The van der Waals surface area contributed by atoms with Gasteiger partial charge in [0.2, 0.25) is 0 Å². The lowest BCUT2D eigenvalue weighted by Gasteiger charge is -2.38. The number of carbonyl (C=O) groups excluding carboxylic acids is 1. The zero-order valence-corrected chi connectivity index (χ0v) is 26.9. The second kappa shape index (κ2) is 12.6. The van der Waals surface area contributed by atoms with Gasteiger partial charge in [0.15, 0.2) is 0 Å². The molecule has 0 bridgehead atoms. The van der Waals surface area contributed by atoms with Crippen LogP contribution in [0.3, 0.4) is 0 Å². The molecule has 1 aliphatic carbocycles. The lowest BCUT2D eigenvalue weighted by atomic mass is 9.67. The first-order valence-electron chi connectivity index (χ1n) is 15.1. The highest BCUT2D eigenvalue weighted by Crippen LogP contribution is 2.49. The largest absolute Gasteiger partial charge is 0.469 e. The first-order valence-corrected chi connectivity index (χ1v) is 16.8. The molecule has 0 N–H and O–H groups in total. The average molecular weight is 623 g/mol. The molecule has 0 radical (unpaired) electrons. The van der Waals surface area contributed by atoms with Gasteiger partial charge in [0.25, 0.3) is 0 Å². The summed E-state index contributed by atoms with van der Waals surface area (Å²) in [5.41, 5.74) is 6.56. The Bertz CT molecular complexity index is 1860. The van der Waals surface area contributed by atoms with Crippen molar-refractivity contribution in [1.29, 1.82) is 5.26 Å². The minimum absolute atomic E-state index is 0.0786. The number of carbonyl (C=O) groups is 1. The summed E-state index contributed by atoms with van der Waals surface area (Å²) in [7, 11) is 1.50. The summed E-state index contributed by atoms with van der Waals surface area (Å²) in [5, 5.41) is 12.7. The molecule has 1 fully saturated rings. The monoisotopic (exact) mass is 622 g/mol. The molecule has 5 aromatic rings. The standard InChI is InChI=1S/C37H35FN2O2S2/c1-4-17-37(36(41)42-3)18-14-25(15-19-37)26-6-5-7-27(21-26)35-34(30-16-20-43-33(30)23-39)31-22-28(38)10-13-32(31)40(35)44-29-11-8-24(2)9-12-29/h5-13,16,20-22,25H,4,14-15,17-19H2,1-3H3. The predicted molar refractivity (Wildman–Crippen MR) is 178 cm³/mol. The Hall–Kier alpha value is -3.86. The third-order valence-corrected chi connectivity index (χ3v) is 10.9. The van der Waals surface area contributed by atoms with E-state index in [0.29, 0.717) is 10.8 Å². The van der Waals surface area contributed by atoms with Gasteiger partial charge >= 0.3 is 5.97 Å². The van der Waals surface area contributed by atoms with Crippen molar-refractivity contribution < 1.29 is 13.9 Å². The van der Waals surface area contributed by atoms with Gasteiger partial charge in [-0.2, -0.15) is 5.26 Å². The maximum absolute atomic E-state index is 14.9. The van der Waals surface area contributed by atoms with Crippen LogP contribution in [0.2, 0.25) is 0 Å². The average Bonchev–Trinajstić information content (AvgIpc) is 3.64. The molecule has 4 nitrogen and oxygen atoms in total. The molecule has 224 valence electrons. The second-order valence-corrected chi connectivity index (χ2v) is 13.7. The second-order valence-electron chi connectivity index (χ2n) is 11.8. The van der Waals surface area contributed by atoms with Gasteiger partial charge in [-0.25, -0.2) is 4.39 Å². The number of hydrogen-bond acceptors (Lipinski definition) is 5. The van der Waals surface area contributed by atoms with E-state index in [1.165, 1.54) is 35.6 Å². The molecule has 0 saturated heterocycles. The van der Waals surface area contributed by atoms with Crippen molar-refractivity contribution in [3.63, 3.8) is 0 Å². The van der Waals surface area contributed by atoms with Crippen molar-refractivity contribution in [1.82, 2.24) is 3.97 Å². The van der Waals surface area contributed by atoms with Crippen LogP contribution >= 0.6 is 23.3 Å². The summed E-state index contributed by atoms with van der Waals surface area (Å²) in [6.45, 7) is 4.20. The molecule has 0 spiro atoms. The van der Waals surface area contributed by atoms with Crippen LogP contribution in [0.4, 0.5) is 4.39 Å². The molecule has 2 aromatic heterocycles. The summed E-state index contributed by atoms with van der Waals surface area (Å²) in [5.74, 6) is -0.0670. The molecular weight excluding hydrogens is 588 g/mol. The van der Waals surface area contributed by atoms with Crippen LogP contribution in [0.25, 0.3) is 33.3 Å². The van der Waals surface area contributed by atoms with Crippen molar-refractivity contribution >= 4 is 40.2 Å². The number of ether oxygens (including phenoxy) is 1. The Labute approximate surface area is 266 Å². The Kier molecular flexibility index (Phi) is 8.66. The Morgan fingerprint density at radius 2 is 1.89 bits per heavy atom. The van der Waals surface area contributed by atoms with E-state index in [1.54, 1.807) is 18.0 Å². The first-order chi connectivity index (χ1) is 21.4. The predicted octanol–water partition coefficient (Wildman–Crippen LogP) is 10.5. The third kappa shape index (κ3) is 5.58. The zero-order chi connectivity index (χ0) is 30.8. The van der Waals surface area contributed by atoms with E-state index in [1.807, 2.05) is 17.5 Å². The molecule has 7 heteroatoms. The summed E-state index contributed by atoms with van der Waals surface area (Å²) >= 11 is 3.00. The van der Waals surface area contributed by atoms with Gasteiger partial charge in [0.1, 0.15) is 16.8 Å². The van der Waals surface area contributed by atoms with Crippen LogP contribution in [0, 0.1) is 29.5 Å². The van der Waals surface area contributed by atoms with Crippen molar-refractivity contribution in [2.75, 3.05) is 7.11 Å². The number of nitrogens with zero attached hydrogens (tertiary/aromatic N) is 2. The van der Waals surface area contributed by atoms with Crippen LogP contribution < -0.4 is 0 Å². The van der Waals surface area contributed by atoms with Gasteiger partial charge < -0.3 is 4.74 Å². The molecule has 1 saturated carbocycles. The highest BCUT2D eigenvalue weighted by molar-refractivity contribution is 7.98. The lowest BCUT2D eigenvalue weighted by Crippen LogP contribution is -2.36. The van der Waals surface area contributed by atoms with E-state index in [-0.39, 0.29) is 11.8 Å². The van der Waals surface area contributed by atoms with Crippen LogP contribution in [-0.2, 0) is 9.53 Å². The number of nitriles is 1. The lowest BCUT2D eigenvalue weighted by molar-refractivity contribution is -0.155. The number of aromatic nitrogens is 1. The van der Waals surface area contributed by atoms with E-state index in [0.717, 1.165) is 76.7 Å². The minimum atomic E-state index is -0.390. The van der Waals surface area contributed by atoms with Gasteiger partial charge in [-0.3, -0.25) is 8.77 Å². The minimum Gasteiger partial charge on any atom is -0.469 e. The third-order valence-electron chi connectivity index (χ3n) is 9.06. The summed E-state index contributed by atoms with van der Waals surface area (Å²) < 4.78 is 22.3. The van der Waals surface area contributed by atoms with Crippen molar-refractivity contribution in [2.24, 2.45) is 5.41 Å². The molecule has 0 atom stereocenters. The van der Waals surface area contributed by atoms with E-state index in [2.05, 4.69) is 72.4 Å². The quantitative estimate of drug-likeness (QED) is 0.162. The number of hydrogen-bond donors (Lipinski definition) is 0. The fourth-order valence-corrected chi connectivity index (χ4v) is 8.56. The van der Waals surface area contributed by atoms with Crippen LogP contribution in [-0.4, -0.2) is 17.1 Å². The Morgan fingerprint density at radius 3 is 2.59 bits per heavy atom. The van der Waals surface area contributed by atoms with Crippen LogP contribution in [0.1, 0.15) is 67.4 Å². The maximum Gasteiger partial charge on any atom is 0.311 e. The molecule has 0 unspecified atom stereocenters. The molecule has 0 aliphatic heterocycles. The number of halogens is 1. The molecule has 2 heterocycles. The summed E-state index contributed by atoms with van der Waals surface area (Å²) in [6, 6.07) is 26.3. The molecule has 1 aliphatic rings. The molecule has 3 aromatic carbocycles. The Morgan fingerprint density at radius 1 is 1.11 bits per heavy atom. The van der Waals surface area contributed by atoms with E-state index in [4.69, 9.17) is 4.74 Å². The van der Waals surface area contributed by atoms with Crippen molar-refractivity contribution in [3.05, 3.63) is 100.0 Å². The number of thiophene rings is 1. The topological polar surface area (TPSA) is 55.0 Å². The molecule has 44 heavy (non-hydrogen) atoms. The van der Waals surface area contributed by atoms with Crippen LogP contribution in [0.5, 0.6) is 0 Å². The molecular formula is C37H35FN2O2S2. The summed E-state index contributed by atoms with van der Waals surface area (Å²) in [6.07, 6.45) is 5.27. The fourth-order valence-electron chi connectivity index (χ4n) is 6.86. The number of rotatable bonds is 8. The number of fused-ring (bicyclic) bond motifs is 1. The first kappa shape index (κ1) is 30.2. The van der Waals surface area contributed by atoms with Crippen LogP contribution in [0.15, 0.2) is 83.1 Å². The SMILES string of the molecule is CCCC1(C(=O)OC)CCC(c2cccc(-c3c(-c4ccsc4C#N)c4cc(F)ccc4n3Sc3ccc(C)cc3)c2)CC1. The maximum atomic E-state index is 14.9. The van der Waals surface area contributed by atoms with Crippen molar-refractivity contribution in [3.8, 4) is 28.5 Å². The van der Waals surface area contributed by atoms with Gasteiger partial charge in [-0.05, 0) is 110 Å². The molecule has 6 rings (SSSR count). The van der Waals surface area contributed by atoms with E-state index < -0.39 is 5.41 Å². The fraction of sp³-hybridized carbons (Fsp3) is 0.297. The number of aryl methyl sites for hydroxylation is 1. The molecule has 0 amide bonds. The van der Waals surface area contributed by atoms with Gasteiger partial charge in [-0.15, -0.1) is 11.3 Å². The van der Waals surface area contributed by atoms with Gasteiger partial charge in [0, 0.05) is 27.0 Å². The van der Waals surface area contributed by atoms with Crippen molar-refractivity contribution in [2.45, 2.75) is 63.2 Å². The highest BCUT2D eigenvalue weighted by Gasteiger charge is 2.42. The van der Waals surface area contributed by atoms with E-state index >= 15 is 0 Å².